The highest BCUT2D eigenvalue weighted by molar-refractivity contribution is 6.05. The molecule has 0 radical (unpaired) electrons. The van der Waals surface area contributed by atoms with Gasteiger partial charge in [-0.25, -0.2) is 0 Å². The molecule has 1 atom stereocenters. The normalized spacial score (nSPS) is 18.0. The summed E-state index contributed by atoms with van der Waals surface area (Å²) in [5, 5.41) is 11.4. The van der Waals surface area contributed by atoms with Gasteiger partial charge < -0.3 is 14.2 Å². The van der Waals surface area contributed by atoms with Crippen molar-refractivity contribution in [2.45, 2.75) is 13.1 Å². The molecule has 2 heterocycles. The first kappa shape index (κ1) is 12.8. The standard InChI is InChI=1S/C18H15N3O/c1-12-20(2)14(10-19)11-21(12)13-7-8-16-15-5-3-4-6-17(15)22-18(16)9-13/h3-9,11-12H,1-2H3/t12-/m0/s1. The van der Waals surface area contributed by atoms with E-state index < -0.39 is 0 Å². The van der Waals surface area contributed by atoms with Crippen LogP contribution in [0.2, 0.25) is 0 Å². The summed E-state index contributed by atoms with van der Waals surface area (Å²) in [6, 6.07) is 16.5. The summed E-state index contributed by atoms with van der Waals surface area (Å²) < 4.78 is 5.94. The third-order valence-corrected chi connectivity index (χ3v) is 4.38. The lowest BCUT2D eigenvalue weighted by atomic mass is 10.1. The second-order valence-electron chi connectivity index (χ2n) is 5.55. The molecule has 2 aromatic carbocycles. The Morgan fingerprint density at radius 3 is 2.64 bits per heavy atom. The third kappa shape index (κ3) is 1.69. The van der Waals surface area contributed by atoms with Crippen molar-refractivity contribution in [3.05, 3.63) is 54.4 Å². The Morgan fingerprint density at radius 1 is 1.09 bits per heavy atom. The average Bonchev–Trinajstić information content (AvgIpc) is 3.05. The summed E-state index contributed by atoms with van der Waals surface area (Å²) >= 11 is 0. The zero-order chi connectivity index (χ0) is 15.3. The third-order valence-electron chi connectivity index (χ3n) is 4.38. The number of hydrogen-bond acceptors (Lipinski definition) is 4. The Balaban J connectivity index is 1.85. The maximum Gasteiger partial charge on any atom is 0.137 e. The van der Waals surface area contributed by atoms with Gasteiger partial charge in [-0.15, -0.1) is 0 Å². The van der Waals surface area contributed by atoms with Crippen LogP contribution in [0.15, 0.2) is 58.8 Å². The van der Waals surface area contributed by atoms with Crippen molar-refractivity contribution < 1.29 is 4.42 Å². The minimum Gasteiger partial charge on any atom is -0.456 e. The molecule has 0 unspecified atom stereocenters. The first-order chi connectivity index (χ1) is 10.7. The van der Waals surface area contributed by atoms with Gasteiger partial charge in [0.1, 0.15) is 29.1 Å². The van der Waals surface area contributed by atoms with E-state index in [1.165, 1.54) is 0 Å². The van der Waals surface area contributed by atoms with E-state index in [1.54, 1.807) is 0 Å². The molecule has 4 heteroatoms. The number of furan rings is 1. The Morgan fingerprint density at radius 2 is 1.86 bits per heavy atom. The van der Waals surface area contributed by atoms with Gasteiger partial charge in [0, 0.05) is 35.8 Å². The second kappa shape index (κ2) is 4.54. The lowest BCUT2D eigenvalue weighted by molar-refractivity contribution is 0.367. The molecule has 22 heavy (non-hydrogen) atoms. The van der Waals surface area contributed by atoms with Crippen molar-refractivity contribution in [3.8, 4) is 6.07 Å². The molecule has 3 aromatic rings. The van der Waals surface area contributed by atoms with Gasteiger partial charge >= 0.3 is 0 Å². The lowest BCUT2D eigenvalue weighted by Gasteiger charge is -2.27. The summed E-state index contributed by atoms with van der Waals surface area (Å²) in [5.41, 5.74) is 3.45. The number of fused-ring (bicyclic) bond motifs is 3. The van der Waals surface area contributed by atoms with Crippen LogP contribution in [-0.2, 0) is 0 Å². The number of anilines is 1. The topological polar surface area (TPSA) is 43.4 Å². The smallest absolute Gasteiger partial charge is 0.137 e. The number of hydrogen-bond donors (Lipinski definition) is 0. The van der Waals surface area contributed by atoms with Crippen LogP contribution in [0.4, 0.5) is 5.69 Å². The predicted molar refractivity (Wildman–Crippen MR) is 87.1 cm³/mol. The molecule has 1 aliphatic rings. The molecule has 0 saturated heterocycles. The molecule has 0 fully saturated rings. The molecule has 4 rings (SSSR count). The minimum absolute atomic E-state index is 0.108. The molecular weight excluding hydrogens is 274 g/mol. The van der Waals surface area contributed by atoms with Gasteiger partial charge in [0.05, 0.1) is 0 Å². The molecule has 1 aromatic heterocycles. The molecule has 0 aliphatic carbocycles. The zero-order valence-electron chi connectivity index (χ0n) is 12.4. The van der Waals surface area contributed by atoms with E-state index in [0.29, 0.717) is 5.70 Å². The van der Waals surface area contributed by atoms with E-state index in [9.17, 15) is 5.26 Å². The van der Waals surface area contributed by atoms with Crippen molar-refractivity contribution in [1.82, 2.24) is 4.90 Å². The highest BCUT2D eigenvalue weighted by Gasteiger charge is 2.27. The quantitative estimate of drug-likeness (QED) is 0.678. The lowest BCUT2D eigenvalue weighted by Crippen LogP contribution is -2.34. The minimum atomic E-state index is 0.108. The van der Waals surface area contributed by atoms with E-state index in [1.807, 2.05) is 42.4 Å². The first-order valence-electron chi connectivity index (χ1n) is 7.23. The van der Waals surface area contributed by atoms with Crippen molar-refractivity contribution in [1.29, 1.82) is 5.26 Å². The maximum atomic E-state index is 9.18. The molecule has 1 aliphatic heterocycles. The van der Waals surface area contributed by atoms with Crippen molar-refractivity contribution in [2.75, 3.05) is 11.9 Å². The highest BCUT2D eigenvalue weighted by Crippen LogP contribution is 2.34. The summed E-state index contributed by atoms with van der Waals surface area (Å²) in [5.74, 6) is 0. The van der Waals surface area contributed by atoms with Gasteiger partial charge in [0.15, 0.2) is 0 Å². The van der Waals surface area contributed by atoms with E-state index >= 15 is 0 Å². The SMILES string of the molecule is C[C@H]1N(C)C(C#N)=CN1c1ccc2c(c1)oc1ccccc12. The Labute approximate surface area is 128 Å². The number of rotatable bonds is 1. The highest BCUT2D eigenvalue weighted by atomic mass is 16.3. The Kier molecular flexibility index (Phi) is 2.64. The van der Waals surface area contributed by atoms with Gasteiger partial charge in [0.2, 0.25) is 0 Å². The fourth-order valence-corrected chi connectivity index (χ4v) is 2.99. The fourth-order valence-electron chi connectivity index (χ4n) is 2.99. The Bertz CT molecular complexity index is 948. The molecule has 108 valence electrons. The van der Waals surface area contributed by atoms with Crippen molar-refractivity contribution >= 4 is 27.6 Å². The Hall–Kier alpha value is -2.93. The predicted octanol–water partition coefficient (Wildman–Crippen LogP) is 4.05. The second-order valence-corrected chi connectivity index (χ2v) is 5.55. The molecule has 0 amide bonds. The van der Waals surface area contributed by atoms with Gasteiger partial charge in [0.25, 0.3) is 0 Å². The summed E-state index contributed by atoms with van der Waals surface area (Å²) in [4.78, 5) is 4.05. The summed E-state index contributed by atoms with van der Waals surface area (Å²) in [6.45, 7) is 2.07. The van der Waals surface area contributed by atoms with E-state index in [-0.39, 0.29) is 6.17 Å². The summed E-state index contributed by atoms with van der Waals surface area (Å²) in [7, 11) is 1.93. The van der Waals surface area contributed by atoms with Gasteiger partial charge in [-0.2, -0.15) is 5.26 Å². The number of benzene rings is 2. The maximum absolute atomic E-state index is 9.18. The van der Waals surface area contributed by atoms with Gasteiger partial charge in [-0.05, 0) is 25.1 Å². The van der Waals surface area contributed by atoms with Crippen LogP contribution in [0.25, 0.3) is 21.9 Å². The summed E-state index contributed by atoms with van der Waals surface area (Å²) in [6.07, 6.45) is 1.99. The molecule has 0 spiro atoms. The number of para-hydroxylation sites is 1. The van der Waals surface area contributed by atoms with Crippen LogP contribution in [0.3, 0.4) is 0 Å². The zero-order valence-corrected chi connectivity index (χ0v) is 12.4. The van der Waals surface area contributed by atoms with Crippen molar-refractivity contribution in [2.24, 2.45) is 0 Å². The number of nitriles is 1. The van der Waals surface area contributed by atoms with E-state index in [0.717, 1.165) is 27.6 Å². The molecule has 4 nitrogen and oxygen atoms in total. The van der Waals surface area contributed by atoms with Crippen LogP contribution in [0.1, 0.15) is 6.92 Å². The van der Waals surface area contributed by atoms with Crippen LogP contribution in [0, 0.1) is 11.3 Å². The largest absolute Gasteiger partial charge is 0.456 e. The van der Waals surface area contributed by atoms with Crippen LogP contribution < -0.4 is 4.90 Å². The molecule has 0 N–H and O–H groups in total. The number of nitrogens with zero attached hydrogens (tertiary/aromatic N) is 3. The monoisotopic (exact) mass is 289 g/mol. The molecule has 0 saturated carbocycles. The van der Waals surface area contributed by atoms with Crippen LogP contribution in [0.5, 0.6) is 0 Å². The fraction of sp³-hybridized carbons (Fsp3) is 0.167. The van der Waals surface area contributed by atoms with Crippen molar-refractivity contribution in [3.63, 3.8) is 0 Å². The molecule has 0 bridgehead atoms. The number of allylic oxidation sites excluding steroid dienone is 1. The van der Waals surface area contributed by atoms with Gasteiger partial charge in [-0.3, -0.25) is 0 Å². The van der Waals surface area contributed by atoms with Crippen LogP contribution >= 0.6 is 0 Å². The van der Waals surface area contributed by atoms with E-state index in [2.05, 4.69) is 36.1 Å². The first-order valence-corrected chi connectivity index (χ1v) is 7.23. The molecular formula is C18H15N3O. The average molecular weight is 289 g/mol. The van der Waals surface area contributed by atoms with E-state index in [4.69, 9.17) is 4.42 Å². The van der Waals surface area contributed by atoms with Crippen LogP contribution in [-0.4, -0.2) is 18.1 Å². The van der Waals surface area contributed by atoms with Gasteiger partial charge in [-0.1, -0.05) is 18.2 Å².